The number of carbonyl (C=O) groups is 1. The average Bonchev–Trinajstić information content (AvgIpc) is 3.60. The summed E-state index contributed by atoms with van der Waals surface area (Å²) in [7, 11) is -0.853. The van der Waals surface area contributed by atoms with Crippen molar-refractivity contribution in [3.8, 4) is 11.4 Å². The van der Waals surface area contributed by atoms with Gasteiger partial charge in [0.25, 0.3) is 0 Å². The molecule has 5 rings (SSSR count). The Morgan fingerprint density at radius 2 is 2.00 bits per heavy atom. The summed E-state index contributed by atoms with van der Waals surface area (Å²) in [5, 5.41) is 1.09. The number of pyridine rings is 1. The topological polar surface area (TPSA) is 97.6 Å². The molecule has 0 radical (unpaired) electrons. The molecule has 1 amide bonds. The number of rotatable bonds is 7. The normalized spacial score (nSPS) is 16.1. The Labute approximate surface area is 237 Å². The number of ether oxygens (including phenoxy) is 1. The number of hydrogen-bond donors (Lipinski definition) is 0. The summed E-state index contributed by atoms with van der Waals surface area (Å²) >= 11 is 13.2. The molecule has 2 aromatic carbocycles. The molecule has 0 unspecified atom stereocenters. The van der Waals surface area contributed by atoms with Crippen molar-refractivity contribution in [2.24, 2.45) is 0 Å². The number of aryl methyl sites for hydroxylation is 1. The number of benzene rings is 2. The summed E-state index contributed by atoms with van der Waals surface area (Å²) in [4.78, 5) is 22.8. The molecule has 9 nitrogen and oxygen atoms in total. The maximum absolute atomic E-state index is 13.7. The maximum atomic E-state index is 13.7. The number of fused-ring (bicyclic) bond motifs is 1. The summed E-state index contributed by atoms with van der Waals surface area (Å²) in [6.07, 6.45) is 6.30. The highest BCUT2D eigenvalue weighted by atomic mass is 35.5. The molecule has 0 bridgehead atoms. The monoisotopic (exact) mass is 587 g/mol. The molecule has 12 heteroatoms. The molecule has 0 spiro atoms. The van der Waals surface area contributed by atoms with E-state index >= 15 is 0 Å². The summed E-state index contributed by atoms with van der Waals surface area (Å²) in [5.41, 5.74) is 2.66. The van der Waals surface area contributed by atoms with Crippen molar-refractivity contribution in [2.75, 3.05) is 20.6 Å². The predicted molar refractivity (Wildman–Crippen MR) is 150 cm³/mol. The molecule has 204 valence electrons. The van der Waals surface area contributed by atoms with Crippen LogP contribution in [0.3, 0.4) is 0 Å². The van der Waals surface area contributed by atoms with Crippen LogP contribution in [-0.2, 0) is 21.4 Å². The Kier molecular flexibility index (Phi) is 7.56. The molecule has 1 atom stereocenters. The highest BCUT2D eigenvalue weighted by Gasteiger charge is 2.41. The van der Waals surface area contributed by atoms with Gasteiger partial charge in [0, 0.05) is 54.7 Å². The van der Waals surface area contributed by atoms with Gasteiger partial charge in [-0.25, -0.2) is 18.4 Å². The lowest BCUT2D eigenvalue weighted by atomic mass is 10.1. The highest BCUT2D eigenvalue weighted by molar-refractivity contribution is 7.89. The number of hydrogen-bond acceptors (Lipinski definition) is 6. The van der Waals surface area contributed by atoms with E-state index in [-0.39, 0.29) is 34.0 Å². The predicted octanol–water partition coefficient (Wildman–Crippen LogP) is 4.86. The van der Waals surface area contributed by atoms with Gasteiger partial charge in [-0.3, -0.25) is 4.79 Å². The third-order valence-electron chi connectivity index (χ3n) is 6.73. The molecule has 1 aliphatic heterocycles. The summed E-state index contributed by atoms with van der Waals surface area (Å²) in [6, 6.07) is 9.64. The maximum Gasteiger partial charge on any atom is 0.245 e. The van der Waals surface area contributed by atoms with Crippen molar-refractivity contribution in [2.45, 2.75) is 37.3 Å². The number of para-hydroxylation sites is 1. The number of imidazole rings is 1. The summed E-state index contributed by atoms with van der Waals surface area (Å²) in [5.74, 6) is 0.229. The van der Waals surface area contributed by atoms with Gasteiger partial charge in [-0.2, -0.15) is 4.31 Å². The zero-order valence-electron chi connectivity index (χ0n) is 21.6. The van der Waals surface area contributed by atoms with Crippen molar-refractivity contribution in [1.29, 1.82) is 0 Å². The first-order chi connectivity index (χ1) is 18.6. The molecule has 2 aromatic heterocycles. The molecule has 0 N–H and O–H groups in total. The van der Waals surface area contributed by atoms with Gasteiger partial charge in [-0.05, 0) is 44.0 Å². The fraction of sp³-hybridized carbons (Fsp3) is 0.296. The van der Waals surface area contributed by atoms with Crippen LogP contribution in [0.5, 0.6) is 5.75 Å². The van der Waals surface area contributed by atoms with E-state index in [1.807, 2.05) is 35.9 Å². The van der Waals surface area contributed by atoms with Crippen LogP contribution in [0.1, 0.15) is 24.1 Å². The van der Waals surface area contributed by atoms with E-state index in [1.165, 1.54) is 21.3 Å². The molecular weight excluding hydrogens is 561 g/mol. The Morgan fingerprint density at radius 3 is 2.72 bits per heavy atom. The largest absolute Gasteiger partial charge is 0.487 e. The van der Waals surface area contributed by atoms with Crippen molar-refractivity contribution >= 4 is 50.0 Å². The molecule has 0 aliphatic carbocycles. The van der Waals surface area contributed by atoms with Crippen LogP contribution in [0.4, 0.5) is 0 Å². The van der Waals surface area contributed by atoms with E-state index in [2.05, 4.69) is 9.97 Å². The fourth-order valence-corrected chi connectivity index (χ4v) is 7.33. The Hall–Kier alpha value is -3.18. The van der Waals surface area contributed by atoms with Gasteiger partial charge in [-0.1, -0.05) is 35.3 Å². The molecular formula is C27H27Cl2N5O4S. The number of nitrogens with zero attached hydrogens (tertiary/aromatic N) is 5. The minimum Gasteiger partial charge on any atom is -0.487 e. The van der Waals surface area contributed by atoms with Gasteiger partial charge < -0.3 is 14.2 Å². The third-order valence-corrected chi connectivity index (χ3v) is 9.58. The molecule has 39 heavy (non-hydrogen) atoms. The molecule has 3 heterocycles. The molecule has 1 saturated heterocycles. The first kappa shape index (κ1) is 27.4. The smallest absolute Gasteiger partial charge is 0.245 e. The first-order valence-electron chi connectivity index (χ1n) is 12.3. The Balaban J connectivity index is 1.48. The van der Waals surface area contributed by atoms with Gasteiger partial charge >= 0.3 is 0 Å². The van der Waals surface area contributed by atoms with E-state index in [1.54, 1.807) is 32.7 Å². The van der Waals surface area contributed by atoms with Crippen LogP contribution in [0.25, 0.3) is 16.6 Å². The Bertz CT molecular complexity index is 1660. The van der Waals surface area contributed by atoms with Crippen LogP contribution in [-0.4, -0.2) is 64.7 Å². The molecule has 1 aliphatic rings. The summed E-state index contributed by atoms with van der Waals surface area (Å²) < 4.78 is 36.6. The highest BCUT2D eigenvalue weighted by Crippen LogP contribution is 2.37. The van der Waals surface area contributed by atoms with E-state index < -0.39 is 16.1 Å². The first-order valence-corrected chi connectivity index (χ1v) is 14.5. The van der Waals surface area contributed by atoms with Gasteiger partial charge in [-0.15, -0.1) is 0 Å². The quantitative estimate of drug-likeness (QED) is 0.306. The lowest BCUT2D eigenvalue weighted by Gasteiger charge is -2.26. The van der Waals surface area contributed by atoms with Crippen LogP contribution >= 0.6 is 23.2 Å². The van der Waals surface area contributed by atoms with Gasteiger partial charge in [0.15, 0.2) is 0 Å². The zero-order chi connectivity index (χ0) is 27.9. The summed E-state index contributed by atoms with van der Waals surface area (Å²) in [6.45, 7) is 2.04. The second-order valence-corrected chi connectivity index (χ2v) is 12.2. The fourth-order valence-electron chi connectivity index (χ4n) is 4.82. The van der Waals surface area contributed by atoms with Crippen LogP contribution in [0, 0.1) is 6.92 Å². The van der Waals surface area contributed by atoms with E-state index in [4.69, 9.17) is 27.9 Å². The van der Waals surface area contributed by atoms with Crippen molar-refractivity contribution < 1.29 is 17.9 Å². The van der Waals surface area contributed by atoms with E-state index in [0.717, 1.165) is 16.8 Å². The SMILES string of the molecule is Cc1cc(-n2ccnc2)c2cccc(OCc3c(Cl)ccc(S(=O)(=O)N4CCC[C@H]4C(=O)N(C)C)c3Cl)c2n1. The van der Waals surface area contributed by atoms with Crippen molar-refractivity contribution in [1.82, 2.24) is 23.7 Å². The molecule has 4 aromatic rings. The molecule has 1 fully saturated rings. The van der Waals surface area contributed by atoms with Crippen LogP contribution < -0.4 is 4.74 Å². The van der Waals surface area contributed by atoms with Crippen molar-refractivity contribution in [3.05, 3.63) is 76.4 Å². The minimum absolute atomic E-state index is 0.0334. The van der Waals surface area contributed by atoms with Crippen LogP contribution in [0.15, 0.2) is 60.0 Å². The third kappa shape index (κ3) is 5.09. The lowest BCUT2D eigenvalue weighted by molar-refractivity contribution is -0.132. The number of halogens is 2. The van der Waals surface area contributed by atoms with E-state index in [0.29, 0.717) is 29.7 Å². The Morgan fingerprint density at radius 1 is 1.21 bits per heavy atom. The van der Waals surface area contributed by atoms with Crippen LogP contribution in [0.2, 0.25) is 10.0 Å². The second kappa shape index (κ2) is 10.8. The number of sulfonamides is 1. The molecule has 0 saturated carbocycles. The number of aromatic nitrogens is 3. The standard InChI is InChI=1S/C27H27Cl2N5O4S/c1-17-14-22(33-13-11-30-16-33)18-6-4-8-23(26(18)31-17)38-15-19-20(28)9-10-24(25(19)29)39(36,37)34-12-5-7-21(34)27(35)32(2)3/h4,6,8-11,13-14,16,21H,5,7,12,15H2,1-3H3/t21-/m0/s1. The van der Waals surface area contributed by atoms with Gasteiger partial charge in [0.05, 0.1) is 17.0 Å². The van der Waals surface area contributed by atoms with Gasteiger partial charge in [0.2, 0.25) is 15.9 Å². The zero-order valence-corrected chi connectivity index (χ0v) is 24.0. The lowest BCUT2D eigenvalue weighted by Crippen LogP contribution is -2.45. The van der Waals surface area contributed by atoms with E-state index in [9.17, 15) is 13.2 Å². The van der Waals surface area contributed by atoms with Crippen molar-refractivity contribution in [3.63, 3.8) is 0 Å². The second-order valence-electron chi connectivity index (χ2n) is 9.54. The number of carbonyl (C=O) groups excluding carboxylic acids is 1. The number of likely N-dealkylation sites (N-methyl/N-ethyl adjacent to an activating group) is 1. The average molecular weight is 589 g/mol. The van der Waals surface area contributed by atoms with Gasteiger partial charge in [0.1, 0.15) is 28.8 Å². The number of amides is 1. The minimum atomic E-state index is -4.07.